The smallest absolute Gasteiger partial charge is 0.377 e. The summed E-state index contributed by atoms with van der Waals surface area (Å²) in [5.74, 6) is 0. The van der Waals surface area contributed by atoms with Crippen LogP contribution in [0.2, 0.25) is 0 Å². The van der Waals surface area contributed by atoms with Gasteiger partial charge in [0.1, 0.15) is 0 Å². The van der Waals surface area contributed by atoms with Crippen molar-refractivity contribution in [3.63, 3.8) is 0 Å². The van der Waals surface area contributed by atoms with Gasteiger partial charge in [-0.25, -0.2) is 0 Å². The van der Waals surface area contributed by atoms with Gasteiger partial charge in [0.2, 0.25) is 0 Å². The molecule has 2 nitrogen and oxygen atoms in total. The van der Waals surface area contributed by atoms with E-state index in [0.717, 1.165) is 25.0 Å². The summed E-state index contributed by atoms with van der Waals surface area (Å²) in [6.45, 7) is 0.487. The van der Waals surface area contributed by atoms with E-state index in [4.69, 9.17) is 5.73 Å². The molecule has 1 aliphatic rings. The molecule has 0 aromatic heterocycles. The molecule has 1 aliphatic carbocycles. The normalized spacial score (nSPS) is 17.9. The summed E-state index contributed by atoms with van der Waals surface area (Å²) in [6.07, 6.45) is -2.40. The number of rotatable bonds is 3. The first kappa shape index (κ1) is 12.7. The maximum atomic E-state index is 12.5. The summed E-state index contributed by atoms with van der Waals surface area (Å²) < 4.78 is 37.8. The number of anilines is 1. The predicted molar refractivity (Wildman–Crippen MR) is 63.8 cm³/mol. The van der Waals surface area contributed by atoms with E-state index in [1.165, 1.54) is 6.07 Å². The molecular weight excluding hydrogens is 297 g/mol. The molecule has 1 aromatic rings. The molecule has 1 aromatic carbocycles. The van der Waals surface area contributed by atoms with Crippen molar-refractivity contribution in [2.75, 3.05) is 11.9 Å². The standard InChI is InChI=1S/C11H12BrF3N2/c12-8-5-7(11(13,14)15)1-2-9(8)17-10(6-16)3-4-10/h1-2,5,17H,3-4,6,16H2. The van der Waals surface area contributed by atoms with Crippen LogP contribution in [-0.4, -0.2) is 12.1 Å². The molecule has 0 saturated heterocycles. The number of alkyl halides is 3. The summed E-state index contributed by atoms with van der Waals surface area (Å²) in [6, 6.07) is 3.58. The molecule has 0 radical (unpaired) electrons. The fraction of sp³-hybridized carbons (Fsp3) is 0.455. The highest BCUT2D eigenvalue weighted by atomic mass is 79.9. The Morgan fingerprint density at radius 1 is 1.35 bits per heavy atom. The van der Waals surface area contributed by atoms with E-state index in [1.54, 1.807) is 0 Å². The van der Waals surface area contributed by atoms with Gasteiger partial charge < -0.3 is 11.1 Å². The van der Waals surface area contributed by atoms with E-state index in [1.807, 2.05) is 0 Å². The summed E-state index contributed by atoms with van der Waals surface area (Å²) in [4.78, 5) is 0. The molecule has 0 unspecified atom stereocenters. The van der Waals surface area contributed by atoms with Crippen molar-refractivity contribution in [3.05, 3.63) is 28.2 Å². The number of hydrogen-bond acceptors (Lipinski definition) is 2. The second-order valence-corrected chi connectivity index (χ2v) is 5.16. The summed E-state index contributed by atoms with van der Waals surface area (Å²) >= 11 is 3.15. The number of hydrogen-bond donors (Lipinski definition) is 2. The molecule has 0 aliphatic heterocycles. The van der Waals surface area contributed by atoms with Crippen LogP contribution in [0.25, 0.3) is 0 Å². The van der Waals surface area contributed by atoms with Crippen LogP contribution in [-0.2, 0) is 6.18 Å². The number of halogens is 4. The first-order valence-corrected chi connectivity index (χ1v) is 6.01. The van der Waals surface area contributed by atoms with Crippen LogP contribution in [0.3, 0.4) is 0 Å². The molecule has 0 spiro atoms. The summed E-state index contributed by atoms with van der Waals surface area (Å²) in [7, 11) is 0. The molecule has 0 heterocycles. The second kappa shape index (κ2) is 4.17. The third-order valence-corrected chi connectivity index (χ3v) is 3.60. The first-order chi connectivity index (χ1) is 7.86. The Labute approximate surface area is 106 Å². The van der Waals surface area contributed by atoms with E-state index in [0.29, 0.717) is 16.7 Å². The Bertz CT molecular complexity index is 427. The van der Waals surface area contributed by atoms with E-state index in [9.17, 15) is 13.2 Å². The zero-order valence-electron chi connectivity index (χ0n) is 8.94. The molecule has 6 heteroatoms. The largest absolute Gasteiger partial charge is 0.416 e. The fourth-order valence-corrected chi connectivity index (χ4v) is 2.09. The van der Waals surface area contributed by atoms with Crippen LogP contribution in [0.1, 0.15) is 18.4 Å². The topological polar surface area (TPSA) is 38.0 Å². The van der Waals surface area contributed by atoms with Gasteiger partial charge in [-0.1, -0.05) is 0 Å². The molecule has 0 atom stereocenters. The van der Waals surface area contributed by atoms with Crippen molar-refractivity contribution in [3.8, 4) is 0 Å². The molecule has 0 bridgehead atoms. The van der Waals surface area contributed by atoms with Gasteiger partial charge in [-0.2, -0.15) is 13.2 Å². The zero-order valence-corrected chi connectivity index (χ0v) is 10.5. The lowest BCUT2D eigenvalue weighted by molar-refractivity contribution is -0.137. The van der Waals surface area contributed by atoms with Crippen molar-refractivity contribution in [1.29, 1.82) is 0 Å². The molecule has 1 saturated carbocycles. The Hall–Kier alpha value is -0.750. The monoisotopic (exact) mass is 308 g/mol. The third-order valence-electron chi connectivity index (χ3n) is 2.94. The van der Waals surface area contributed by atoms with Gasteiger partial charge >= 0.3 is 6.18 Å². The lowest BCUT2D eigenvalue weighted by Gasteiger charge is -2.18. The van der Waals surface area contributed by atoms with Crippen LogP contribution < -0.4 is 11.1 Å². The number of benzene rings is 1. The third kappa shape index (κ3) is 2.74. The van der Waals surface area contributed by atoms with Crippen molar-refractivity contribution in [1.82, 2.24) is 0 Å². The van der Waals surface area contributed by atoms with Crippen molar-refractivity contribution in [2.24, 2.45) is 5.73 Å². The van der Waals surface area contributed by atoms with Gasteiger partial charge in [0.05, 0.1) is 5.56 Å². The van der Waals surface area contributed by atoms with Crippen LogP contribution in [0, 0.1) is 0 Å². The van der Waals surface area contributed by atoms with Crippen LogP contribution >= 0.6 is 15.9 Å². The highest BCUT2D eigenvalue weighted by Gasteiger charge is 2.41. The molecule has 94 valence electrons. The Morgan fingerprint density at radius 2 is 2.00 bits per heavy atom. The Kier molecular flexibility index (Phi) is 3.12. The van der Waals surface area contributed by atoms with E-state index in [-0.39, 0.29) is 5.54 Å². The second-order valence-electron chi connectivity index (χ2n) is 4.30. The fourth-order valence-electron chi connectivity index (χ4n) is 1.61. The maximum absolute atomic E-state index is 12.5. The molecular formula is C11H12BrF3N2. The Morgan fingerprint density at radius 3 is 2.41 bits per heavy atom. The van der Waals surface area contributed by atoms with Crippen LogP contribution in [0.5, 0.6) is 0 Å². The molecule has 1 fully saturated rings. The Balaban J connectivity index is 2.20. The molecule has 3 N–H and O–H groups in total. The predicted octanol–water partition coefficient (Wildman–Crippen LogP) is 3.37. The van der Waals surface area contributed by atoms with Gasteiger partial charge in [-0.3, -0.25) is 0 Å². The minimum atomic E-state index is -4.31. The van der Waals surface area contributed by atoms with Gasteiger partial charge in [0.25, 0.3) is 0 Å². The molecule has 17 heavy (non-hydrogen) atoms. The number of nitrogens with two attached hydrogens (primary N) is 1. The van der Waals surface area contributed by atoms with Crippen LogP contribution in [0.15, 0.2) is 22.7 Å². The lowest BCUT2D eigenvalue weighted by Crippen LogP contribution is -2.31. The highest BCUT2D eigenvalue weighted by Crippen LogP contribution is 2.41. The summed E-state index contributed by atoms with van der Waals surface area (Å²) in [5, 5.41) is 3.19. The van der Waals surface area contributed by atoms with Gasteiger partial charge in [0.15, 0.2) is 0 Å². The van der Waals surface area contributed by atoms with E-state index < -0.39 is 11.7 Å². The quantitative estimate of drug-likeness (QED) is 0.898. The minimum absolute atomic E-state index is 0.123. The zero-order chi connectivity index (χ0) is 12.7. The number of nitrogens with one attached hydrogen (secondary N) is 1. The average molecular weight is 309 g/mol. The van der Waals surface area contributed by atoms with Crippen molar-refractivity contribution >= 4 is 21.6 Å². The van der Waals surface area contributed by atoms with Crippen molar-refractivity contribution < 1.29 is 13.2 Å². The molecule has 2 rings (SSSR count). The van der Waals surface area contributed by atoms with E-state index in [2.05, 4.69) is 21.2 Å². The van der Waals surface area contributed by atoms with Gasteiger partial charge in [-0.05, 0) is 47.0 Å². The lowest BCUT2D eigenvalue weighted by atomic mass is 10.1. The average Bonchev–Trinajstić information content (AvgIpc) is 3.00. The maximum Gasteiger partial charge on any atom is 0.416 e. The minimum Gasteiger partial charge on any atom is -0.377 e. The SMILES string of the molecule is NCC1(Nc2ccc(C(F)(F)F)cc2Br)CC1. The van der Waals surface area contributed by atoms with E-state index >= 15 is 0 Å². The van der Waals surface area contributed by atoms with Crippen LogP contribution in [0.4, 0.5) is 18.9 Å². The summed E-state index contributed by atoms with van der Waals surface area (Å²) in [5.41, 5.74) is 5.48. The van der Waals surface area contributed by atoms with Gasteiger partial charge in [0, 0.05) is 22.2 Å². The first-order valence-electron chi connectivity index (χ1n) is 5.21. The highest BCUT2D eigenvalue weighted by molar-refractivity contribution is 9.10. The van der Waals surface area contributed by atoms with Gasteiger partial charge in [-0.15, -0.1) is 0 Å². The molecule has 0 amide bonds. The van der Waals surface area contributed by atoms with Crippen molar-refractivity contribution in [2.45, 2.75) is 24.6 Å².